The number of carbonyl (C=O) groups excluding carboxylic acids is 2. The minimum absolute atomic E-state index is 0.0748. The summed E-state index contributed by atoms with van der Waals surface area (Å²) in [7, 11) is 0. The van der Waals surface area contributed by atoms with Gasteiger partial charge in [0.1, 0.15) is 0 Å². The Kier molecular flexibility index (Phi) is 6.68. The van der Waals surface area contributed by atoms with Crippen LogP contribution in [0.4, 0.5) is 10.5 Å². The van der Waals surface area contributed by atoms with E-state index in [-0.39, 0.29) is 12.5 Å². The average molecular weight is 293 g/mol. The van der Waals surface area contributed by atoms with Gasteiger partial charge in [0.2, 0.25) is 5.91 Å². The summed E-state index contributed by atoms with van der Waals surface area (Å²) in [6.07, 6.45) is -0.600. The third kappa shape index (κ3) is 6.76. The highest BCUT2D eigenvalue weighted by Crippen LogP contribution is 2.16. The van der Waals surface area contributed by atoms with Crippen molar-refractivity contribution >= 4 is 17.6 Å². The summed E-state index contributed by atoms with van der Waals surface area (Å²) >= 11 is 0. The predicted octanol–water partition coefficient (Wildman–Crippen LogP) is 1.63. The third-order valence-electron chi connectivity index (χ3n) is 2.74. The fourth-order valence-corrected chi connectivity index (χ4v) is 1.59. The molecule has 0 fully saturated rings. The van der Waals surface area contributed by atoms with Gasteiger partial charge in [-0.25, -0.2) is 4.79 Å². The first-order valence-electron chi connectivity index (χ1n) is 6.98. The molecule has 0 radical (unpaired) electrons. The van der Waals surface area contributed by atoms with Crippen LogP contribution in [-0.2, 0) is 4.79 Å². The minimum Gasteiger partial charge on any atom is -0.389 e. The van der Waals surface area contributed by atoms with Crippen molar-refractivity contribution in [2.24, 2.45) is 5.92 Å². The Bertz CT molecular complexity index is 487. The van der Waals surface area contributed by atoms with Crippen molar-refractivity contribution < 1.29 is 14.7 Å². The maximum atomic E-state index is 11.7. The number of anilines is 1. The van der Waals surface area contributed by atoms with Gasteiger partial charge in [0, 0.05) is 12.2 Å². The zero-order valence-electron chi connectivity index (χ0n) is 12.6. The Morgan fingerprint density at radius 1 is 1.19 bits per heavy atom. The topological polar surface area (TPSA) is 90.5 Å². The fraction of sp³-hybridized carbons (Fsp3) is 0.467. The van der Waals surface area contributed by atoms with E-state index in [2.05, 4.69) is 16.0 Å². The predicted molar refractivity (Wildman–Crippen MR) is 81.9 cm³/mol. The van der Waals surface area contributed by atoms with Gasteiger partial charge in [-0.3, -0.25) is 4.79 Å². The van der Waals surface area contributed by atoms with Crippen molar-refractivity contribution in [2.45, 2.75) is 26.9 Å². The van der Waals surface area contributed by atoms with Gasteiger partial charge >= 0.3 is 6.03 Å². The summed E-state index contributed by atoms with van der Waals surface area (Å²) in [6.45, 7) is 6.15. The molecule has 6 nitrogen and oxygen atoms in total. The third-order valence-corrected chi connectivity index (χ3v) is 2.74. The maximum Gasteiger partial charge on any atom is 0.319 e. The molecule has 0 saturated carbocycles. The van der Waals surface area contributed by atoms with Crippen LogP contribution in [0.5, 0.6) is 0 Å². The molecule has 1 aromatic rings. The number of amides is 3. The molecule has 0 aliphatic heterocycles. The van der Waals surface area contributed by atoms with Crippen LogP contribution in [0.25, 0.3) is 0 Å². The molecule has 3 amide bonds. The Labute approximate surface area is 124 Å². The van der Waals surface area contributed by atoms with Crippen LogP contribution in [0.2, 0.25) is 0 Å². The van der Waals surface area contributed by atoms with Crippen LogP contribution in [-0.4, -0.2) is 30.1 Å². The largest absolute Gasteiger partial charge is 0.389 e. The smallest absolute Gasteiger partial charge is 0.319 e. The van der Waals surface area contributed by atoms with Gasteiger partial charge in [0.15, 0.2) is 0 Å². The number of nitrogens with one attached hydrogen (secondary N) is 3. The number of aliphatic hydroxyl groups excluding tert-OH is 1. The van der Waals surface area contributed by atoms with Crippen LogP contribution < -0.4 is 16.0 Å². The Balaban J connectivity index is 2.40. The number of benzene rings is 1. The number of rotatable bonds is 6. The highest BCUT2D eigenvalue weighted by molar-refractivity contribution is 5.92. The first-order valence-corrected chi connectivity index (χ1v) is 6.98. The molecule has 0 aromatic heterocycles. The van der Waals surface area contributed by atoms with Crippen molar-refractivity contribution in [1.29, 1.82) is 0 Å². The van der Waals surface area contributed by atoms with E-state index >= 15 is 0 Å². The van der Waals surface area contributed by atoms with Gasteiger partial charge in [-0.15, -0.1) is 0 Å². The van der Waals surface area contributed by atoms with Gasteiger partial charge in [-0.05, 0) is 30.5 Å². The quantitative estimate of drug-likeness (QED) is 0.642. The highest BCUT2D eigenvalue weighted by Gasteiger charge is 2.07. The minimum atomic E-state index is -0.600. The van der Waals surface area contributed by atoms with Crippen LogP contribution in [0, 0.1) is 5.92 Å². The first-order chi connectivity index (χ1) is 9.88. The molecule has 1 unspecified atom stereocenters. The van der Waals surface area contributed by atoms with E-state index in [1.54, 1.807) is 31.2 Å². The standard InChI is InChI=1S/C15H23N3O3/c1-10(2)8-16-14(20)9-17-15(21)18-13-6-4-5-12(7-13)11(3)19/h4-7,10-11,19H,8-9H2,1-3H3,(H,16,20)(H2,17,18,21). The zero-order valence-corrected chi connectivity index (χ0v) is 12.6. The molecule has 0 aliphatic carbocycles. The van der Waals surface area contributed by atoms with Crippen LogP contribution in [0.15, 0.2) is 24.3 Å². The van der Waals surface area contributed by atoms with Crippen molar-refractivity contribution in [3.8, 4) is 0 Å². The van der Waals surface area contributed by atoms with Crippen LogP contribution in [0.1, 0.15) is 32.4 Å². The monoisotopic (exact) mass is 293 g/mol. The second-order valence-electron chi connectivity index (χ2n) is 5.31. The van der Waals surface area contributed by atoms with E-state index in [4.69, 9.17) is 0 Å². The van der Waals surface area contributed by atoms with Crippen LogP contribution >= 0.6 is 0 Å². The number of carbonyl (C=O) groups is 2. The number of hydrogen-bond donors (Lipinski definition) is 4. The number of aliphatic hydroxyl groups is 1. The average Bonchev–Trinajstić information content (AvgIpc) is 2.43. The zero-order chi connectivity index (χ0) is 15.8. The van der Waals surface area contributed by atoms with Crippen molar-refractivity contribution in [2.75, 3.05) is 18.4 Å². The molecular formula is C15H23N3O3. The molecule has 116 valence electrons. The lowest BCUT2D eigenvalue weighted by Crippen LogP contribution is -2.40. The Hall–Kier alpha value is -2.08. The molecule has 0 bridgehead atoms. The molecule has 6 heteroatoms. The summed E-state index contributed by atoms with van der Waals surface area (Å²) in [5.41, 5.74) is 1.27. The van der Waals surface area contributed by atoms with Gasteiger partial charge in [-0.1, -0.05) is 26.0 Å². The van der Waals surface area contributed by atoms with E-state index < -0.39 is 12.1 Å². The molecule has 1 aromatic carbocycles. The SMILES string of the molecule is CC(C)CNC(=O)CNC(=O)Nc1cccc(C(C)O)c1. The second kappa shape index (κ2) is 8.26. The van der Waals surface area contributed by atoms with Gasteiger partial charge in [-0.2, -0.15) is 0 Å². The van der Waals surface area contributed by atoms with Gasteiger partial charge in [0.05, 0.1) is 12.6 Å². The summed E-state index contributed by atoms with van der Waals surface area (Å²) < 4.78 is 0. The molecular weight excluding hydrogens is 270 g/mol. The lowest BCUT2D eigenvalue weighted by Gasteiger charge is -2.11. The molecule has 0 heterocycles. The summed E-state index contributed by atoms with van der Waals surface area (Å²) in [4.78, 5) is 23.1. The van der Waals surface area contributed by atoms with Crippen molar-refractivity contribution in [1.82, 2.24) is 10.6 Å². The Morgan fingerprint density at radius 2 is 1.90 bits per heavy atom. The molecule has 0 saturated heterocycles. The first kappa shape index (κ1) is 17.0. The Morgan fingerprint density at radius 3 is 2.52 bits per heavy atom. The lowest BCUT2D eigenvalue weighted by atomic mass is 10.1. The van der Waals surface area contributed by atoms with Gasteiger partial charge in [0.25, 0.3) is 0 Å². The normalized spacial score (nSPS) is 11.9. The molecule has 4 N–H and O–H groups in total. The van der Waals surface area contributed by atoms with Crippen molar-refractivity contribution in [3.05, 3.63) is 29.8 Å². The molecule has 21 heavy (non-hydrogen) atoms. The fourth-order valence-electron chi connectivity index (χ4n) is 1.59. The summed E-state index contributed by atoms with van der Waals surface area (Å²) in [5, 5.41) is 17.3. The molecule has 1 atom stereocenters. The summed E-state index contributed by atoms with van der Waals surface area (Å²) in [6, 6.07) is 6.45. The van der Waals surface area contributed by atoms with E-state index in [9.17, 15) is 14.7 Å². The number of hydrogen-bond acceptors (Lipinski definition) is 3. The van der Waals surface area contributed by atoms with E-state index in [1.165, 1.54) is 0 Å². The lowest BCUT2D eigenvalue weighted by molar-refractivity contribution is -0.120. The van der Waals surface area contributed by atoms with E-state index in [0.29, 0.717) is 23.7 Å². The maximum absolute atomic E-state index is 11.7. The number of urea groups is 1. The van der Waals surface area contributed by atoms with Gasteiger partial charge < -0.3 is 21.1 Å². The molecule has 0 spiro atoms. The van der Waals surface area contributed by atoms with E-state index in [0.717, 1.165) is 0 Å². The van der Waals surface area contributed by atoms with Crippen LogP contribution in [0.3, 0.4) is 0 Å². The molecule has 1 rings (SSSR count). The highest BCUT2D eigenvalue weighted by atomic mass is 16.3. The molecule has 0 aliphatic rings. The van der Waals surface area contributed by atoms with Crippen molar-refractivity contribution in [3.63, 3.8) is 0 Å². The summed E-state index contributed by atoms with van der Waals surface area (Å²) in [5.74, 6) is 0.141. The second-order valence-corrected chi connectivity index (χ2v) is 5.31. The van der Waals surface area contributed by atoms with E-state index in [1.807, 2.05) is 13.8 Å².